The SMILES string of the molecule is CCN(C(=O)CNC)C(C)CS(=O)(=O)CC.Cl. The highest BCUT2D eigenvalue weighted by Gasteiger charge is 2.22. The van der Waals surface area contributed by atoms with Gasteiger partial charge < -0.3 is 10.2 Å². The van der Waals surface area contributed by atoms with E-state index in [2.05, 4.69) is 5.32 Å². The van der Waals surface area contributed by atoms with Crippen molar-refractivity contribution in [2.75, 3.05) is 31.6 Å². The minimum absolute atomic E-state index is 0. The molecule has 1 atom stereocenters. The van der Waals surface area contributed by atoms with Crippen molar-refractivity contribution < 1.29 is 13.2 Å². The summed E-state index contributed by atoms with van der Waals surface area (Å²) in [5, 5.41) is 2.77. The van der Waals surface area contributed by atoms with Crippen molar-refractivity contribution in [1.82, 2.24) is 10.2 Å². The summed E-state index contributed by atoms with van der Waals surface area (Å²) in [5.74, 6) is 0.0887. The Balaban J connectivity index is 0. The van der Waals surface area contributed by atoms with E-state index < -0.39 is 9.84 Å². The Morgan fingerprint density at radius 2 is 1.88 bits per heavy atom. The number of rotatable bonds is 7. The van der Waals surface area contributed by atoms with Crippen molar-refractivity contribution in [2.45, 2.75) is 26.8 Å². The summed E-state index contributed by atoms with van der Waals surface area (Å²) in [4.78, 5) is 13.2. The van der Waals surface area contributed by atoms with E-state index in [0.717, 1.165) is 0 Å². The van der Waals surface area contributed by atoms with Gasteiger partial charge in [0.25, 0.3) is 0 Å². The Labute approximate surface area is 110 Å². The van der Waals surface area contributed by atoms with Gasteiger partial charge in [0.2, 0.25) is 5.91 Å². The van der Waals surface area contributed by atoms with Gasteiger partial charge in [-0.15, -0.1) is 12.4 Å². The Morgan fingerprint density at radius 3 is 2.24 bits per heavy atom. The summed E-state index contributed by atoms with van der Waals surface area (Å²) in [6, 6.07) is -0.268. The normalized spacial score (nSPS) is 12.7. The molecule has 0 aromatic heterocycles. The summed E-state index contributed by atoms with van der Waals surface area (Å²) in [7, 11) is -1.34. The lowest BCUT2D eigenvalue weighted by Gasteiger charge is -2.27. The zero-order valence-electron chi connectivity index (χ0n) is 10.9. The highest BCUT2D eigenvalue weighted by Crippen LogP contribution is 2.04. The van der Waals surface area contributed by atoms with Gasteiger partial charge >= 0.3 is 0 Å². The third-order valence-electron chi connectivity index (χ3n) is 2.46. The van der Waals surface area contributed by atoms with Gasteiger partial charge in [-0.3, -0.25) is 4.79 Å². The van der Waals surface area contributed by atoms with Crippen LogP contribution in [0.5, 0.6) is 0 Å². The topological polar surface area (TPSA) is 66.5 Å². The molecule has 0 fully saturated rings. The lowest BCUT2D eigenvalue weighted by atomic mass is 10.3. The van der Waals surface area contributed by atoms with Crippen LogP contribution in [-0.4, -0.2) is 56.9 Å². The monoisotopic (exact) mass is 286 g/mol. The molecule has 7 heteroatoms. The average molecular weight is 287 g/mol. The molecule has 5 nitrogen and oxygen atoms in total. The minimum Gasteiger partial charge on any atom is -0.338 e. The fourth-order valence-electron chi connectivity index (χ4n) is 1.56. The minimum atomic E-state index is -3.04. The maximum absolute atomic E-state index is 11.7. The average Bonchev–Trinajstić information content (AvgIpc) is 2.18. The molecule has 0 saturated carbocycles. The molecular formula is C10H23ClN2O3S. The second-order valence-corrected chi connectivity index (χ2v) is 6.16. The largest absolute Gasteiger partial charge is 0.338 e. The van der Waals surface area contributed by atoms with Crippen LogP contribution in [0.1, 0.15) is 20.8 Å². The number of hydrogen-bond donors (Lipinski definition) is 1. The molecule has 104 valence electrons. The second-order valence-electron chi connectivity index (χ2n) is 3.76. The number of likely N-dealkylation sites (N-methyl/N-ethyl adjacent to an activating group) is 2. The number of halogens is 1. The van der Waals surface area contributed by atoms with Gasteiger partial charge in [0.05, 0.1) is 12.3 Å². The fraction of sp³-hybridized carbons (Fsp3) is 0.900. The van der Waals surface area contributed by atoms with Crippen molar-refractivity contribution in [3.05, 3.63) is 0 Å². The summed E-state index contributed by atoms with van der Waals surface area (Å²) in [6.07, 6.45) is 0. The van der Waals surface area contributed by atoms with Crippen molar-refractivity contribution >= 4 is 28.2 Å². The first-order chi connectivity index (χ1) is 7.37. The molecular weight excluding hydrogens is 264 g/mol. The van der Waals surface area contributed by atoms with Gasteiger partial charge in [-0.05, 0) is 20.9 Å². The lowest BCUT2D eigenvalue weighted by molar-refractivity contribution is -0.131. The van der Waals surface area contributed by atoms with Crippen LogP contribution in [0.2, 0.25) is 0 Å². The highest BCUT2D eigenvalue weighted by molar-refractivity contribution is 7.91. The first-order valence-electron chi connectivity index (χ1n) is 5.52. The number of hydrogen-bond acceptors (Lipinski definition) is 4. The van der Waals surface area contributed by atoms with Crippen molar-refractivity contribution in [3.63, 3.8) is 0 Å². The lowest BCUT2D eigenvalue weighted by Crippen LogP contribution is -2.45. The molecule has 0 saturated heterocycles. The number of carbonyl (C=O) groups is 1. The summed E-state index contributed by atoms with van der Waals surface area (Å²) in [5.41, 5.74) is 0. The number of nitrogens with one attached hydrogen (secondary N) is 1. The van der Waals surface area contributed by atoms with Crippen LogP contribution < -0.4 is 5.32 Å². The van der Waals surface area contributed by atoms with Crippen LogP contribution in [0.3, 0.4) is 0 Å². The molecule has 0 aliphatic carbocycles. The van der Waals surface area contributed by atoms with Gasteiger partial charge in [-0.25, -0.2) is 8.42 Å². The highest BCUT2D eigenvalue weighted by atomic mass is 35.5. The fourth-order valence-corrected chi connectivity index (χ4v) is 2.71. The number of carbonyl (C=O) groups excluding carboxylic acids is 1. The van der Waals surface area contributed by atoms with Crippen molar-refractivity contribution in [3.8, 4) is 0 Å². The first-order valence-corrected chi connectivity index (χ1v) is 7.34. The van der Waals surface area contributed by atoms with Gasteiger partial charge in [0.15, 0.2) is 9.84 Å². The van der Waals surface area contributed by atoms with Crippen LogP contribution in [0.15, 0.2) is 0 Å². The molecule has 1 amide bonds. The van der Waals surface area contributed by atoms with Crippen LogP contribution in [0.4, 0.5) is 0 Å². The molecule has 0 aromatic carbocycles. The van der Waals surface area contributed by atoms with Gasteiger partial charge in [-0.2, -0.15) is 0 Å². The Bertz CT molecular complexity index is 320. The van der Waals surface area contributed by atoms with Crippen molar-refractivity contribution in [1.29, 1.82) is 0 Å². The van der Waals surface area contributed by atoms with Crippen LogP contribution in [0.25, 0.3) is 0 Å². The molecule has 17 heavy (non-hydrogen) atoms. The molecule has 0 heterocycles. The van der Waals surface area contributed by atoms with E-state index in [9.17, 15) is 13.2 Å². The standard InChI is InChI=1S/C10H22N2O3S.ClH/c1-5-12(10(13)7-11-4)9(3)8-16(14,15)6-2;/h9,11H,5-8H2,1-4H3;1H. The zero-order chi connectivity index (χ0) is 12.8. The summed E-state index contributed by atoms with van der Waals surface area (Å²) >= 11 is 0. The number of nitrogens with zero attached hydrogens (tertiary/aromatic N) is 1. The number of amides is 1. The van der Waals surface area contributed by atoms with Gasteiger partial charge in [-0.1, -0.05) is 6.92 Å². The molecule has 0 aliphatic heterocycles. The smallest absolute Gasteiger partial charge is 0.236 e. The van der Waals surface area contributed by atoms with E-state index >= 15 is 0 Å². The van der Waals surface area contributed by atoms with E-state index in [1.807, 2.05) is 6.92 Å². The van der Waals surface area contributed by atoms with E-state index in [0.29, 0.717) is 6.54 Å². The molecule has 0 bridgehead atoms. The number of sulfone groups is 1. The Hall–Kier alpha value is -0.330. The Kier molecular flexibility index (Phi) is 9.75. The molecule has 0 spiro atoms. The van der Waals surface area contributed by atoms with Gasteiger partial charge in [0, 0.05) is 18.3 Å². The molecule has 0 radical (unpaired) electrons. The summed E-state index contributed by atoms with van der Waals surface area (Å²) < 4.78 is 22.9. The molecule has 1 unspecified atom stereocenters. The van der Waals surface area contributed by atoms with Gasteiger partial charge in [0.1, 0.15) is 0 Å². The molecule has 1 N–H and O–H groups in total. The quantitative estimate of drug-likeness (QED) is 0.731. The third-order valence-corrected chi connectivity index (χ3v) is 4.33. The molecule has 0 aromatic rings. The third kappa shape index (κ3) is 6.85. The molecule has 0 aliphatic rings. The maximum atomic E-state index is 11.7. The van der Waals surface area contributed by atoms with Crippen molar-refractivity contribution in [2.24, 2.45) is 0 Å². The second kappa shape index (κ2) is 8.72. The van der Waals surface area contributed by atoms with Crippen LogP contribution in [-0.2, 0) is 14.6 Å². The first kappa shape index (κ1) is 19.0. The van der Waals surface area contributed by atoms with E-state index in [1.165, 1.54) is 0 Å². The summed E-state index contributed by atoms with van der Waals surface area (Å²) in [6.45, 7) is 6.01. The van der Waals surface area contributed by atoms with E-state index in [4.69, 9.17) is 0 Å². The predicted octanol–water partition coefficient (Wildman–Crippen LogP) is 0.299. The van der Waals surface area contributed by atoms with Crippen LogP contribution in [0, 0.1) is 0 Å². The van der Waals surface area contributed by atoms with E-state index in [-0.39, 0.29) is 42.4 Å². The maximum Gasteiger partial charge on any atom is 0.236 e. The predicted molar refractivity (Wildman–Crippen MR) is 72.4 cm³/mol. The molecule has 0 rings (SSSR count). The van der Waals surface area contributed by atoms with E-state index in [1.54, 1.807) is 25.8 Å². The Morgan fingerprint density at radius 1 is 1.35 bits per heavy atom. The van der Waals surface area contributed by atoms with Crippen LogP contribution >= 0.6 is 12.4 Å². The zero-order valence-corrected chi connectivity index (χ0v) is 12.5.